The predicted molar refractivity (Wildman–Crippen MR) is 98.7 cm³/mol. The predicted octanol–water partition coefficient (Wildman–Crippen LogP) is 4.28. The van der Waals surface area contributed by atoms with Gasteiger partial charge < -0.3 is 9.15 Å². The van der Waals surface area contributed by atoms with E-state index in [4.69, 9.17) is 9.15 Å². The van der Waals surface area contributed by atoms with E-state index in [0.29, 0.717) is 5.69 Å². The maximum absolute atomic E-state index is 12.3. The van der Waals surface area contributed by atoms with Gasteiger partial charge in [-0.05, 0) is 37.6 Å². The maximum Gasteiger partial charge on any atom is 0.310 e. The van der Waals surface area contributed by atoms with Crippen LogP contribution in [0.25, 0.3) is 22.0 Å². The number of aromatic nitrogens is 2. The number of benzene rings is 2. The van der Waals surface area contributed by atoms with Crippen LogP contribution in [0, 0.1) is 13.8 Å². The molecular weight excluding hydrogens is 328 g/mol. The molecule has 0 saturated carbocycles. The zero-order valence-corrected chi connectivity index (χ0v) is 14.7. The van der Waals surface area contributed by atoms with Crippen LogP contribution in [0.4, 0.5) is 0 Å². The summed E-state index contributed by atoms with van der Waals surface area (Å²) in [5.41, 5.74) is 5.78. The molecule has 0 bridgehead atoms. The van der Waals surface area contributed by atoms with E-state index in [1.165, 1.54) is 0 Å². The second kappa shape index (κ2) is 6.59. The lowest BCUT2D eigenvalue weighted by Gasteiger charge is -2.07. The fraction of sp³-hybridized carbons (Fsp3) is 0.190. The summed E-state index contributed by atoms with van der Waals surface area (Å²) >= 11 is 0. The van der Waals surface area contributed by atoms with E-state index < -0.39 is 0 Å². The van der Waals surface area contributed by atoms with Crippen LogP contribution < -0.4 is 0 Å². The molecule has 0 radical (unpaired) electrons. The van der Waals surface area contributed by atoms with Crippen molar-refractivity contribution in [2.75, 3.05) is 0 Å². The Morgan fingerprint density at radius 3 is 2.65 bits per heavy atom. The zero-order valence-electron chi connectivity index (χ0n) is 14.7. The van der Waals surface area contributed by atoms with Crippen molar-refractivity contribution in [2.24, 2.45) is 0 Å². The molecule has 0 N–H and O–H groups in total. The first-order valence-corrected chi connectivity index (χ1v) is 8.45. The van der Waals surface area contributed by atoms with Gasteiger partial charge in [-0.2, -0.15) is 0 Å². The first-order valence-electron chi connectivity index (χ1n) is 8.45. The van der Waals surface area contributed by atoms with Gasteiger partial charge in [0.05, 0.1) is 35.1 Å². The van der Waals surface area contributed by atoms with Gasteiger partial charge in [0, 0.05) is 10.9 Å². The van der Waals surface area contributed by atoms with E-state index in [2.05, 4.69) is 9.97 Å². The fourth-order valence-electron chi connectivity index (χ4n) is 2.94. The third-order valence-electron chi connectivity index (χ3n) is 4.36. The molecule has 0 fully saturated rings. The smallest absolute Gasteiger partial charge is 0.310 e. The highest BCUT2D eigenvalue weighted by atomic mass is 16.5. The minimum absolute atomic E-state index is 0.109. The number of carbonyl (C=O) groups is 1. The number of fused-ring (bicyclic) bond motifs is 2. The van der Waals surface area contributed by atoms with Crippen LogP contribution >= 0.6 is 0 Å². The van der Waals surface area contributed by atoms with E-state index in [9.17, 15) is 4.79 Å². The van der Waals surface area contributed by atoms with E-state index >= 15 is 0 Å². The molecule has 5 nitrogen and oxygen atoms in total. The number of carbonyl (C=O) groups excluding carboxylic acids is 1. The highest BCUT2D eigenvalue weighted by Crippen LogP contribution is 2.23. The van der Waals surface area contributed by atoms with Gasteiger partial charge in [-0.25, -0.2) is 9.97 Å². The quantitative estimate of drug-likeness (QED) is 0.516. The molecule has 26 heavy (non-hydrogen) atoms. The number of hydrogen-bond donors (Lipinski definition) is 0. The molecule has 0 aliphatic rings. The van der Waals surface area contributed by atoms with Crippen molar-refractivity contribution in [1.29, 1.82) is 0 Å². The van der Waals surface area contributed by atoms with Crippen LogP contribution in [0.3, 0.4) is 0 Å². The van der Waals surface area contributed by atoms with E-state index in [-0.39, 0.29) is 19.0 Å². The highest BCUT2D eigenvalue weighted by molar-refractivity contribution is 5.86. The lowest BCUT2D eigenvalue weighted by Crippen LogP contribution is -2.10. The second-order valence-corrected chi connectivity index (χ2v) is 6.34. The van der Waals surface area contributed by atoms with Crippen LogP contribution in [0.15, 0.2) is 53.1 Å². The van der Waals surface area contributed by atoms with Gasteiger partial charge in [0.25, 0.3) is 0 Å². The van der Waals surface area contributed by atoms with Crippen LogP contribution in [0.5, 0.6) is 0 Å². The Hall–Kier alpha value is -3.21. The van der Waals surface area contributed by atoms with Gasteiger partial charge in [-0.1, -0.05) is 24.3 Å². The number of nitrogens with zero attached hydrogens (tertiary/aromatic N) is 2. The Labute approximate surface area is 150 Å². The average molecular weight is 346 g/mol. The number of rotatable bonds is 4. The topological polar surface area (TPSA) is 65.2 Å². The van der Waals surface area contributed by atoms with Crippen molar-refractivity contribution >= 4 is 28.0 Å². The first-order chi connectivity index (χ1) is 12.6. The van der Waals surface area contributed by atoms with Gasteiger partial charge in [0.15, 0.2) is 0 Å². The van der Waals surface area contributed by atoms with E-state index in [0.717, 1.165) is 38.8 Å². The molecule has 0 aliphatic carbocycles. The van der Waals surface area contributed by atoms with E-state index in [1.54, 1.807) is 6.26 Å². The number of aryl methyl sites for hydroxylation is 2. The summed E-state index contributed by atoms with van der Waals surface area (Å²) < 4.78 is 11.0. The molecular formula is C21H18N2O3. The maximum atomic E-state index is 12.3. The Morgan fingerprint density at radius 1 is 1.08 bits per heavy atom. The molecule has 0 atom stereocenters. The second-order valence-electron chi connectivity index (χ2n) is 6.34. The van der Waals surface area contributed by atoms with Crippen LogP contribution in [0.2, 0.25) is 0 Å². The number of furan rings is 1. The Morgan fingerprint density at radius 2 is 1.85 bits per heavy atom. The molecule has 2 aromatic heterocycles. The van der Waals surface area contributed by atoms with Gasteiger partial charge >= 0.3 is 5.97 Å². The van der Waals surface area contributed by atoms with Gasteiger partial charge in [0.1, 0.15) is 12.2 Å². The lowest BCUT2D eigenvalue weighted by molar-refractivity contribution is -0.144. The number of hydrogen-bond acceptors (Lipinski definition) is 5. The molecule has 0 unspecified atom stereocenters. The Kier molecular flexibility index (Phi) is 4.13. The molecule has 0 spiro atoms. The SMILES string of the molecule is Cc1ccc2c(CC(=O)OCc3nc4ccccc4nc3C)coc2c1. The standard InChI is InChI=1S/C21H18N2O3/c1-13-7-8-16-15(11-25-20(16)9-13)10-21(24)26-12-19-14(2)22-17-5-3-4-6-18(17)23-19/h3-9,11H,10,12H2,1-2H3. The van der Waals surface area contributed by atoms with Crippen molar-refractivity contribution < 1.29 is 13.9 Å². The van der Waals surface area contributed by atoms with Crippen molar-refractivity contribution in [3.8, 4) is 0 Å². The molecule has 4 aromatic rings. The van der Waals surface area contributed by atoms with Gasteiger partial charge in [0.2, 0.25) is 0 Å². The molecule has 130 valence electrons. The first kappa shape index (κ1) is 16.3. The fourth-order valence-corrected chi connectivity index (χ4v) is 2.94. The minimum Gasteiger partial charge on any atom is -0.464 e. The number of para-hydroxylation sites is 2. The van der Waals surface area contributed by atoms with Crippen molar-refractivity contribution in [1.82, 2.24) is 9.97 Å². The number of ether oxygens (including phenoxy) is 1. The molecule has 4 rings (SSSR count). The summed E-state index contributed by atoms with van der Waals surface area (Å²) in [6, 6.07) is 13.6. The van der Waals surface area contributed by atoms with Gasteiger partial charge in [-0.15, -0.1) is 0 Å². The molecule has 2 aromatic carbocycles. The summed E-state index contributed by atoms with van der Waals surface area (Å²) in [4.78, 5) is 21.3. The van der Waals surface area contributed by atoms with Crippen molar-refractivity contribution in [3.05, 3.63) is 71.2 Å². The van der Waals surface area contributed by atoms with Crippen LogP contribution in [-0.2, 0) is 22.6 Å². The van der Waals surface area contributed by atoms with Crippen LogP contribution in [0.1, 0.15) is 22.5 Å². The average Bonchev–Trinajstić information content (AvgIpc) is 3.01. The lowest BCUT2D eigenvalue weighted by atomic mass is 10.1. The third-order valence-corrected chi connectivity index (χ3v) is 4.36. The normalized spacial score (nSPS) is 11.2. The summed E-state index contributed by atoms with van der Waals surface area (Å²) in [6.45, 7) is 3.98. The largest absolute Gasteiger partial charge is 0.464 e. The summed E-state index contributed by atoms with van der Waals surface area (Å²) in [6.07, 6.45) is 1.78. The number of esters is 1. The highest BCUT2D eigenvalue weighted by Gasteiger charge is 2.13. The summed E-state index contributed by atoms with van der Waals surface area (Å²) in [5, 5.41) is 0.939. The van der Waals surface area contributed by atoms with Crippen LogP contribution in [-0.4, -0.2) is 15.9 Å². The summed E-state index contributed by atoms with van der Waals surface area (Å²) in [7, 11) is 0. The monoisotopic (exact) mass is 346 g/mol. The third kappa shape index (κ3) is 3.16. The van der Waals surface area contributed by atoms with Crippen molar-refractivity contribution in [2.45, 2.75) is 26.9 Å². The Balaban J connectivity index is 1.47. The van der Waals surface area contributed by atoms with E-state index in [1.807, 2.05) is 56.3 Å². The molecule has 5 heteroatoms. The van der Waals surface area contributed by atoms with Gasteiger partial charge in [-0.3, -0.25) is 4.79 Å². The molecule has 0 saturated heterocycles. The zero-order chi connectivity index (χ0) is 18.1. The Bertz CT molecular complexity index is 1110. The molecule has 0 amide bonds. The molecule has 2 heterocycles. The minimum atomic E-state index is -0.317. The molecule has 0 aliphatic heterocycles. The summed E-state index contributed by atoms with van der Waals surface area (Å²) in [5.74, 6) is -0.317. The van der Waals surface area contributed by atoms with Crippen molar-refractivity contribution in [3.63, 3.8) is 0 Å².